The lowest BCUT2D eigenvalue weighted by Crippen LogP contribution is -2.29. The number of carbonyl (C=O) groups is 2. The molecule has 0 bridgehead atoms. The SMILES string of the molecule is Cc1nc2cc(C(=O)NCCCn3ccnc3)nn2c(-c2cc(F)c3c(c2C)CCCO3)c1C(OC(C)(C)C)C(=O)O. The Morgan fingerprint density at radius 1 is 1.26 bits per heavy atom. The van der Waals surface area contributed by atoms with Crippen LogP contribution in [-0.2, 0) is 22.5 Å². The predicted molar refractivity (Wildman–Crippen MR) is 152 cm³/mol. The molecule has 3 aromatic heterocycles. The molecule has 2 N–H and O–H groups in total. The number of aliphatic carboxylic acids is 1. The van der Waals surface area contributed by atoms with E-state index in [2.05, 4.69) is 20.4 Å². The second-order valence-electron chi connectivity index (χ2n) is 11.4. The van der Waals surface area contributed by atoms with E-state index in [-0.39, 0.29) is 17.0 Å². The molecule has 0 saturated heterocycles. The Morgan fingerprint density at radius 2 is 2.05 bits per heavy atom. The first-order valence-corrected chi connectivity index (χ1v) is 13.9. The van der Waals surface area contributed by atoms with E-state index >= 15 is 4.39 Å². The molecule has 5 rings (SSSR count). The highest BCUT2D eigenvalue weighted by Gasteiger charge is 2.34. The molecule has 11 nitrogen and oxygen atoms in total. The number of aryl methyl sites for hydroxylation is 2. The number of ether oxygens (including phenoxy) is 2. The van der Waals surface area contributed by atoms with Gasteiger partial charge in [-0.3, -0.25) is 4.79 Å². The standard InChI is InChI=1S/C30H35FN6O5/c1-17-19-8-6-13-41-26(19)21(31)14-20(17)25-24(27(29(39)40)42-30(3,4)5)18(2)34-23-15-22(35-37(23)25)28(38)33-9-7-11-36-12-10-32-16-36/h10,12,14-16,27H,6-9,11,13H2,1-5H3,(H,33,38)(H,39,40). The number of amides is 1. The molecule has 42 heavy (non-hydrogen) atoms. The summed E-state index contributed by atoms with van der Waals surface area (Å²) in [6.07, 6.45) is 5.85. The second-order valence-corrected chi connectivity index (χ2v) is 11.4. The smallest absolute Gasteiger partial charge is 0.337 e. The van der Waals surface area contributed by atoms with Gasteiger partial charge in [0.15, 0.2) is 29.0 Å². The lowest BCUT2D eigenvalue weighted by Gasteiger charge is -2.28. The molecule has 0 spiro atoms. The Balaban J connectivity index is 1.63. The van der Waals surface area contributed by atoms with Gasteiger partial charge in [-0.2, -0.15) is 5.10 Å². The fraction of sp³-hybridized carbons (Fsp3) is 0.433. The first-order chi connectivity index (χ1) is 19.9. The first kappa shape index (κ1) is 29.2. The number of nitrogens with zero attached hydrogens (tertiary/aromatic N) is 5. The van der Waals surface area contributed by atoms with Crippen molar-refractivity contribution in [3.05, 3.63) is 64.7 Å². The summed E-state index contributed by atoms with van der Waals surface area (Å²) in [7, 11) is 0. The molecule has 1 amide bonds. The summed E-state index contributed by atoms with van der Waals surface area (Å²) in [6.45, 7) is 10.3. The fourth-order valence-corrected chi connectivity index (χ4v) is 5.28. The van der Waals surface area contributed by atoms with Crippen LogP contribution in [0.2, 0.25) is 0 Å². The first-order valence-electron chi connectivity index (χ1n) is 13.9. The van der Waals surface area contributed by atoms with Crippen LogP contribution in [0.5, 0.6) is 5.75 Å². The number of nitrogens with one attached hydrogen (secondary N) is 1. The van der Waals surface area contributed by atoms with Crippen LogP contribution >= 0.6 is 0 Å². The van der Waals surface area contributed by atoms with Gasteiger partial charge in [0.2, 0.25) is 0 Å². The maximum Gasteiger partial charge on any atom is 0.337 e. The molecule has 12 heteroatoms. The molecule has 4 heterocycles. The zero-order valence-corrected chi connectivity index (χ0v) is 24.4. The number of hydrogen-bond acceptors (Lipinski definition) is 7. The van der Waals surface area contributed by atoms with Crippen molar-refractivity contribution in [1.82, 2.24) is 29.5 Å². The summed E-state index contributed by atoms with van der Waals surface area (Å²) in [5.41, 5.74) is 2.40. The van der Waals surface area contributed by atoms with Crippen molar-refractivity contribution in [3.8, 4) is 17.0 Å². The number of imidazole rings is 1. The van der Waals surface area contributed by atoms with Crippen LogP contribution in [0.15, 0.2) is 30.9 Å². The molecule has 1 aliphatic heterocycles. The normalized spacial score (nSPS) is 14.0. The highest BCUT2D eigenvalue weighted by atomic mass is 19.1. The third-order valence-corrected chi connectivity index (χ3v) is 7.15. The Hall–Kier alpha value is -4.32. The van der Waals surface area contributed by atoms with E-state index in [1.807, 2.05) is 17.7 Å². The maximum absolute atomic E-state index is 15.5. The lowest BCUT2D eigenvalue weighted by molar-refractivity contribution is -0.160. The van der Waals surface area contributed by atoms with Crippen LogP contribution in [0.1, 0.15) is 72.6 Å². The van der Waals surface area contributed by atoms with Gasteiger partial charge in [0, 0.05) is 53.9 Å². The molecule has 0 saturated carbocycles. The average Bonchev–Trinajstić information content (AvgIpc) is 3.61. The Labute approximate surface area is 242 Å². The largest absolute Gasteiger partial charge is 0.490 e. The van der Waals surface area contributed by atoms with Crippen LogP contribution in [-0.4, -0.2) is 59.9 Å². The summed E-state index contributed by atoms with van der Waals surface area (Å²) < 4.78 is 30.5. The third-order valence-electron chi connectivity index (χ3n) is 7.15. The van der Waals surface area contributed by atoms with Crippen molar-refractivity contribution in [2.75, 3.05) is 13.2 Å². The number of rotatable bonds is 9. The van der Waals surface area contributed by atoms with Gasteiger partial charge < -0.3 is 24.5 Å². The number of aromatic nitrogens is 5. The Kier molecular flexibility index (Phi) is 8.00. The van der Waals surface area contributed by atoms with Gasteiger partial charge in [0.25, 0.3) is 5.91 Å². The highest BCUT2D eigenvalue weighted by Crippen LogP contribution is 2.41. The molecular formula is C30H35FN6O5. The zero-order valence-electron chi connectivity index (χ0n) is 24.4. The summed E-state index contributed by atoms with van der Waals surface area (Å²) in [5, 5.41) is 17.7. The van der Waals surface area contributed by atoms with Crippen LogP contribution in [0.4, 0.5) is 4.39 Å². The number of carbonyl (C=O) groups excluding carboxylic acids is 1. The predicted octanol–water partition coefficient (Wildman–Crippen LogP) is 4.43. The summed E-state index contributed by atoms with van der Waals surface area (Å²) in [5.74, 6) is -1.97. The zero-order chi connectivity index (χ0) is 30.2. The minimum Gasteiger partial charge on any atom is -0.490 e. The van der Waals surface area contributed by atoms with E-state index in [0.29, 0.717) is 55.1 Å². The minimum atomic E-state index is -1.43. The molecular weight excluding hydrogens is 543 g/mol. The van der Waals surface area contributed by atoms with E-state index in [4.69, 9.17) is 9.47 Å². The molecule has 1 aliphatic rings. The second kappa shape index (κ2) is 11.5. The number of carboxylic acid groups (broad SMARTS) is 1. The third kappa shape index (κ3) is 5.85. The van der Waals surface area contributed by atoms with Gasteiger partial charge >= 0.3 is 5.97 Å². The van der Waals surface area contributed by atoms with E-state index in [9.17, 15) is 14.7 Å². The van der Waals surface area contributed by atoms with Gasteiger partial charge in [0.05, 0.1) is 24.2 Å². The molecule has 222 valence electrons. The van der Waals surface area contributed by atoms with E-state index < -0.39 is 29.4 Å². The van der Waals surface area contributed by atoms with Gasteiger partial charge in [0.1, 0.15) is 0 Å². The van der Waals surface area contributed by atoms with Crippen molar-refractivity contribution in [2.45, 2.75) is 72.1 Å². The summed E-state index contributed by atoms with van der Waals surface area (Å²) in [6, 6.07) is 2.88. The van der Waals surface area contributed by atoms with E-state index in [1.165, 1.54) is 10.6 Å². The molecule has 1 aromatic carbocycles. The van der Waals surface area contributed by atoms with Gasteiger partial charge in [-0.1, -0.05) is 0 Å². The monoisotopic (exact) mass is 578 g/mol. The average molecular weight is 579 g/mol. The minimum absolute atomic E-state index is 0.103. The molecule has 0 fully saturated rings. The van der Waals surface area contributed by atoms with Crippen LogP contribution in [0.25, 0.3) is 16.9 Å². The Bertz CT molecular complexity index is 1640. The number of halogens is 1. The number of carboxylic acids is 1. The van der Waals surface area contributed by atoms with Crippen molar-refractivity contribution in [2.24, 2.45) is 0 Å². The van der Waals surface area contributed by atoms with Crippen LogP contribution < -0.4 is 10.1 Å². The van der Waals surface area contributed by atoms with Gasteiger partial charge in [-0.05, 0) is 65.5 Å². The molecule has 0 aliphatic carbocycles. The van der Waals surface area contributed by atoms with Gasteiger partial charge in [-0.25, -0.2) is 23.7 Å². The van der Waals surface area contributed by atoms with Gasteiger partial charge in [-0.15, -0.1) is 0 Å². The topological polar surface area (TPSA) is 133 Å². The van der Waals surface area contributed by atoms with Crippen molar-refractivity contribution in [3.63, 3.8) is 0 Å². The summed E-state index contributed by atoms with van der Waals surface area (Å²) >= 11 is 0. The lowest BCUT2D eigenvalue weighted by atomic mass is 9.91. The highest BCUT2D eigenvalue weighted by molar-refractivity contribution is 5.93. The van der Waals surface area contributed by atoms with Crippen molar-refractivity contribution >= 4 is 17.5 Å². The summed E-state index contributed by atoms with van der Waals surface area (Å²) in [4.78, 5) is 34.4. The molecule has 4 aromatic rings. The molecule has 1 atom stereocenters. The molecule has 1 unspecified atom stereocenters. The van der Waals surface area contributed by atoms with Crippen LogP contribution in [0.3, 0.4) is 0 Å². The van der Waals surface area contributed by atoms with E-state index in [1.54, 1.807) is 46.3 Å². The quantitative estimate of drug-likeness (QED) is 0.279. The van der Waals surface area contributed by atoms with Crippen molar-refractivity contribution in [1.29, 1.82) is 0 Å². The number of hydrogen-bond donors (Lipinski definition) is 2. The fourth-order valence-electron chi connectivity index (χ4n) is 5.28. The number of benzene rings is 1. The van der Waals surface area contributed by atoms with Crippen LogP contribution in [0, 0.1) is 19.7 Å². The maximum atomic E-state index is 15.5. The van der Waals surface area contributed by atoms with E-state index in [0.717, 1.165) is 17.5 Å². The van der Waals surface area contributed by atoms with Crippen molar-refractivity contribution < 1.29 is 28.6 Å². The Morgan fingerprint density at radius 3 is 2.74 bits per heavy atom. The molecule has 0 radical (unpaired) electrons. The number of fused-ring (bicyclic) bond motifs is 2.